The zero-order chi connectivity index (χ0) is 15.6. The van der Waals surface area contributed by atoms with Crippen LogP contribution in [0.3, 0.4) is 0 Å². The number of sulfonamides is 1. The van der Waals surface area contributed by atoms with Crippen LogP contribution in [0.2, 0.25) is 0 Å². The lowest BCUT2D eigenvalue weighted by atomic mass is 10.1. The minimum absolute atomic E-state index is 0.134. The molecule has 0 unspecified atom stereocenters. The van der Waals surface area contributed by atoms with Gasteiger partial charge in [0, 0.05) is 18.7 Å². The number of rotatable bonds is 4. The van der Waals surface area contributed by atoms with Crippen LogP contribution < -0.4 is 9.62 Å². The van der Waals surface area contributed by atoms with Gasteiger partial charge in [0.05, 0.1) is 11.9 Å². The Morgan fingerprint density at radius 2 is 1.90 bits per heavy atom. The third-order valence-corrected chi connectivity index (χ3v) is 5.19. The van der Waals surface area contributed by atoms with E-state index in [4.69, 9.17) is 0 Å². The van der Waals surface area contributed by atoms with Crippen molar-refractivity contribution in [3.63, 3.8) is 0 Å². The predicted octanol–water partition coefficient (Wildman–Crippen LogP) is 2.06. The summed E-state index contributed by atoms with van der Waals surface area (Å²) < 4.78 is 24.5. The van der Waals surface area contributed by atoms with Crippen LogP contribution in [0, 0.1) is 6.92 Å². The molecule has 1 amide bonds. The summed E-state index contributed by atoms with van der Waals surface area (Å²) in [7, 11) is -1.85. The smallest absolute Gasteiger partial charge is 0.251 e. The molecule has 1 N–H and O–H groups in total. The number of nitrogens with zero attached hydrogens (tertiary/aromatic N) is 1. The average Bonchev–Trinajstić information content (AvgIpc) is 2.90. The second-order valence-corrected chi connectivity index (χ2v) is 7.70. The summed E-state index contributed by atoms with van der Waals surface area (Å²) in [4.78, 5) is 12.3. The topological polar surface area (TPSA) is 66.5 Å². The lowest BCUT2D eigenvalue weighted by molar-refractivity contribution is 0.0938. The number of anilines is 1. The lowest BCUT2D eigenvalue weighted by Gasteiger charge is -2.20. The first-order chi connectivity index (χ1) is 9.79. The Hall–Kier alpha value is -1.56. The van der Waals surface area contributed by atoms with E-state index >= 15 is 0 Å². The van der Waals surface area contributed by atoms with E-state index in [9.17, 15) is 13.2 Å². The SMILES string of the molecule is Cc1ccc(C(=O)NC2CCCC2)cc1N(C)S(C)(=O)=O. The highest BCUT2D eigenvalue weighted by atomic mass is 32.2. The number of carbonyl (C=O) groups is 1. The fraction of sp³-hybridized carbons (Fsp3) is 0.533. The molecule has 1 saturated carbocycles. The quantitative estimate of drug-likeness (QED) is 0.925. The van der Waals surface area contributed by atoms with Gasteiger partial charge in [-0.3, -0.25) is 9.10 Å². The number of aryl methyl sites for hydroxylation is 1. The Balaban J connectivity index is 2.23. The van der Waals surface area contributed by atoms with Gasteiger partial charge < -0.3 is 5.32 Å². The molecule has 1 aromatic carbocycles. The summed E-state index contributed by atoms with van der Waals surface area (Å²) in [5.41, 5.74) is 1.86. The van der Waals surface area contributed by atoms with Crippen molar-refractivity contribution < 1.29 is 13.2 Å². The van der Waals surface area contributed by atoms with Gasteiger partial charge in [-0.25, -0.2) is 8.42 Å². The zero-order valence-corrected chi connectivity index (χ0v) is 13.5. The number of nitrogens with one attached hydrogen (secondary N) is 1. The highest BCUT2D eigenvalue weighted by molar-refractivity contribution is 7.92. The lowest BCUT2D eigenvalue weighted by Crippen LogP contribution is -2.33. The summed E-state index contributed by atoms with van der Waals surface area (Å²) in [6.07, 6.45) is 5.50. The van der Waals surface area contributed by atoms with E-state index in [1.807, 2.05) is 6.92 Å². The number of carbonyl (C=O) groups excluding carboxylic acids is 1. The zero-order valence-electron chi connectivity index (χ0n) is 12.7. The minimum atomic E-state index is -3.34. The molecule has 0 aliphatic heterocycles. The van der Waals surface area contributed by atoms with Gasteiger partial charge in [-0.05, 0) is 37.5 Å². The van der Waals surface area contributed by atoms with Crippen molar-refractivity contribution in [3.8, 4) is 0 Å². The highest BCUT2D eigenvalue weighted by Gasteiger charge is 2.20. The van der Waals surface area contributed by atoms with Gasteiger partial charge >= 0.3 is 0 Å². The third kappa shape index (κ3) is 3.75. The van der Waals surface area contributed by atoms with Crippen molar-refractivity contribution in [2.45, 2.75) is 38.6 Å². The Labute approximate surface area is 126 Å². The first kappa shape index (κ1) is 15.8. The average molecular weight is 310 g/mol. The highest BCUT2D eigenvalue weighted by Crippen LogP contribution is 2.23. The van der Waals surface area contributed by atoms with E-state index in [2.05, 4.69) is 5.32 Å². The molecule has 0 bridgehead atoms. The number of hydrogen-bond donors (Lipinski definition) is 1. The maximum Gasteiger partial charge on any atom is 0.251 e. The summed E-state index contributed by atoms with van der Waals surface area (Å²) in [5, 5.41) is 3.01. The van der Waals surface area contributed by atoms with Gasteiger partial charge in [0.2, 0.25) is 10.0 Å². The van der Waals surface area contributed by atoms with Gasteiger partial charge in [0.15, 0.2) is 0 Å². The normalized spacial score (nSPS) is 16.0. The molecule has 0 aromatic heterocycles. The Morgan fingerprint density at radius 1 is 1.29 bits per heavy atom. The van der Waals surface area contributed by atoms with E-state index in [1.54, 1.807) is 18.2 Å². The summed E-state index contributed by atoms with van der Waals surface area (Å²) in [5.74, 6) is -0.134. The van der Waals surface area contributed by atoms with Crippen molar-refractivity contribution in [2.75, 3.05) is 17.6 Å². The standard InChI is InChI=1S/C15H22N2O3S/c1-11-8-9-12(10-14(11)17(2)21(3,19)20)15(18)16-13-6-4-5-7-13/h8-10,13H,4-7H2,1-3H3,(H,16,18). The van der Waals surface area contributed by atoms with Crippen LogP contribution in [0.4, 0.5) is 5.69 Å². The van der Waals surface area contributed by atoms with Crippen molar-refractivity contribution in [1.29, 1.82) is 0 Å². The van der Waals surface area contributed by atoms with E-state index in [0.717, 1.165) is 37.5 Å². The largest absolute Gasteiger partial charge is 0.349 e. The summed E-state index contributed by atoms with van der Waals surface area (Å²) in [6.45, 7) is 1.83. The Morgan fingerprint density at radius 3 is 2.48 bits per heavy atom. The maximum atomic E-state index is 12.3. The van der Waals surface area contributed by atoms with Crippen molar-refractivity contribution >= 4 is 21.6 Å². The van der Waals surface area contributed by atoms with E-state index < -0.39 is 10.0 Å². The molecule has 0 spiro atoms. The number of hydrogen-bond acceptors (Lipinski definition) is 3. The Kier molecular flexibility index (Phi) is 4.56. The third-order valence-electron chi connectivity index (χ3n) is 4.00. The van der Waals surface area contributed by atoms with Crippen LogP contribution in [-0.2, 0) is 10.0 Å². The van der Waals surface area contributed by atoms with E-state index in [0.29, 0.717) is 11.3 Å². The van der Waals surface area contributed by atoms with E-state index in [1.165, 1.54) is 11.4 Å². The molecule has 1 aromatic rings. The van der Waals surface area contributed by atoms with Crippen LogP contribution in [0.25, 0.3) is 0 Å². The van der Waals surface area contributed by atoms with Crippen molar-refractivity contribution in [2.24, 2.45) is 0 Å². The van der Waals surface area contributed by atoms with Crippen LogP contribution in [0.15, 0.2) is 18.2 Å². The van der Waals surface area contributed by atoms with Crippen LogP contribution in [0.1, 0.15) is 41.6 Å². The molecule has 2 rings (SSSR count). The van der Waals surface area contributed by atoms with Crippen LogP contribution in [0.5, 0.6) is 0 Å². The number of amides is 1. The summed E-state index contributed by atoms with van der Waals surface area (Å²) >= 11 is 0. The predicted molar refractivity (Wildman–Crippen MR) is 84.1 cm³/mol. The molecule has 5 nitrogen and oxygen atoms in total. The molecule has 1 aliphatic rings. The second-order valence-electron chi connectivity index (χ2n) is 5.69. The fourth-order valence-corrected chi connectivity index (χ4v) is 3.16. The molecule has 6 heteroatoms. The maximum absolute atomic E-state index is 12.3. The molecular formula is C15H22N2O3S. The molecule has 1 aliphatic carbocycles. The Bertz CT molecular complexity index is 634. The molecule has 1 fully saturated rings. The fourth-order valence-electron chi connectivity index (χ4n) is 2.61. The molecule has 116 valence electrons. The first-order valence-corrected chi connectivity index (χ1v) is 8.99. The molecule has 21 heavy (non-hydrogen) atoms. The van der Waals surface area contributed by atoms with Crippen molar-refractivity contribution in [3.05, 3.63) is 29.3 Å². The minimum Gasteiger partial charge on any atom is -0.349 e. The molecule has 0 radical (unpaired) electrons. The molecule has 0 saturated heterocycles. The van der Waals surface area contributed by atoms with Gasteiger partial charge in [-0.1, -0.05) is 18.9 Å². The first-order valence-electron chi connectivity index (χ1n) is 7.14. The molecule has 0 atom stereocenters. The van der Waals surface area contributed by atoms with Crippen LogP contribution in [-0.4, -0.2) is 33.7 Å². The molecular weight excluding hydrogens is 288 g/mol. The monoisotopic (exact) mass is 310 g/mol. The van der Waals surface area contributed by atoms with Gasteiger partial charge in [0.25, 0.3) is 5.91 Å². The van der Waals surface area contributed by atoms with E-state index in [-0.39, 0.29) is 11.9 Å². The van der Waals surface area contributed by atoms with Gasteiger partial charge in [-0.2, -0.15) is 0 Å². The summed E-state index contributed by atoms with van der Waals surface area (Å²) in [6, 6.07) is 5.40. The number of benzene rings is 1. The van der Waals surface area contributed by atoms with Gasteiger partial charge in [-0.15, -0.1) is 0 Å². The van der Waals surface area contributed by atoms with Gasteiger partial charge in [0.1, 0.15) is 0 Å². The second kappa shape index (κ2) is 6.05. The molecule has 0 heterocycles. The van der Waals surface area contributed by atoms with Crippen LogP contribution >= 0.6 is 0 Å². The van der Waals surface area contributed by atoms with Crippen molar-refractivity contribution in [1.82, 2.24) is 5.32 Å².